The molecule has 4 N–H and O–H groups in total. The SMILES string of the molecule is CN.Nc1c(Cl)ccc(Br)c1F. The lowest BCUT2D eigenvalue weighted by Crippen LogP contribution is -1.91. The van der Waals surface area contributed by atoms with Crippen molar-refractivity contribution in [3.63, 3.8) is 0 Å². The lowest BCUT2D eigenvalue weighted by Gasteiger charge is -1.99. The van der Waals surface area contributed by atoms with Crippen molar-refractivity contribution in [1.82, 2.24) is 0 Å². The summed E-state index contributed by atoms with van der Waals surface area (Å²) in [4.78, 5) is 0. The molecule has 0 saturated heterocycles. The molecule has 68 valence electrons. The Morgan fingerprint density at radius 3 is 2.33 bits per heavy atom. The summed E-state index contributed by atoms with van der Waals surface area (Å²) in [5, 5.41) is 0.237. The molecule has 0 spiro atoms. The predicted molar refractivity (Wildman–Crippen MR) is 53.6 cm³/mol. The molecule has 0 amide bonds. The smallest absolute Gasteiger partial charge is 0.161 e. The minimum absolute atomic E-state index is 0.0176. The van der Waals surface area contributed by atoms with Gasteiger partial charge >= 0.3 is 0 Å². The maximum absolute atomic E-state index is 12.7. The Bertz CT molecular complexity index is 241. The van der Waals surface area contributed by atoms with E-state index in [1.807, 2.05) is 0 Å². The molecule has 0 aromatic heterocycles. The number of nitrogens with two attached hydrogens (primary N) is 2. The van der Waals surface area contributed by atoms with Crippen LogP contribution in [-0.4, -0.2) is 7.05 Å². The Morgan fingerprint density at radius 1 is 1.42 bits per heavy atom. The van der Waals surface area contributed by atoms with Crippen LogP contribution in [0.5, 0.6) is 0 Å². The number of anilines is 1. The summed E-state index contributed by atoms with van der Waals surface area (Å²) < 4.78 is 13.1. The number of benzene rings is 1. The number of halogens is 3. The summed E-state index contributed by atoms with van der Waals surface area (Å²) in [5.41, 5.74) is 9.73. The van der Waals surface area contributed by atoms with Crippen LogP contribution in [0.3, 0.4) is 0 Å². The van der Waals surface area contributed by atoms with E-state index in [1.54, 1.807) is 0 Å². The molecular formula is C7H9BrClFN2. The molecule has 0 aliphatic carbocycles. The van der Waals surface area contributed by atoms with E-state index in [4.69, 9.17) is 17.3 Å². The first-order chi connectivity index (χ1) is 5.63. The first kappa shape index (κ1) is 11.7. The van der Waals surface area contributed by atoms with Gasteiger partial charge in [-0.15, -0.1) is 0 Å². The summed E-state index contributed by atoms with van der Waals surface area (Å²) in [7, 11) is 1.50. The second kappa shape index (κ2) is 5.35. The molecule has 0 fully saturated rings. The summed E-state index contributed by atoms with van der Waals surface area (Å²) in [6, 6.07) is 3.04. The molecular weight excluding hydrogens is 246 g/mol. The van der Waals surface area contributed by atoms with E-state index in [9.17, 15) is 4.39 Å². The summed E-state index contributed by atoms with van der Waals surface area (Å²) >= 11 is 8.47. The fourth-order valence-electron chi connectivity index (χ4n) is 0.543. The Kier molecular flexibility index (Phi) is 5.20. The highest BCUT2D eigenvalue weighted by molar-refractivity contribution is 9.10. The number of rotatable bonds is 0. The van der Waals surface area contributed by atoms with Gasteiger partial charge in [0.1, 0.15) is 0 Å². The fraction of sp³-hybridized carbons (Fsp3) is 0.143. The van der Waals surface area contributed by atoms with E-state index < -0.39 is 5.82 Å². The molecule has 1 rings (SSSR count). The molecule has 0 aliphatic heterocycles. The number of hydrogen-bond donors (Lipinski definition) is 2. The zero-order valence-corrected chi connectivity index (χ0v) is 8.79. The van der Waals surface area contributed by atoms with Crippen molar-refractivity contribution in [2.75, 3.05) is 12.8 Å². The third-order valence-corrected chi connectivity index (χ3v) is 2.02. The van der Waals surface area contributed by atoms with Gasteiger partial charge in [-0.3, -0.25) is 0 Å². The lowest BCUT2D eigenvalue weighted by molar-refractivity contribution is 0.626. The van der Waals surface area contributed by atoms with Gasteiger partial charge in [0, 0.05) is 0 Å². The van der Waals surface area contributed by atoms with Gasteiger partial charge in [-0.2, -0.15) is 0 Å². The van der Waals surface area contributed by atoms with Crippen molar-refractivity contribution in [3.05, 3.63) is 27.4 Å². The second-order valence-corrected chi connectivity index (χ2v) is 3.02. The maximum atomic E-state index is 12.7. The number of nitrogen functional groups attached to an aromatic ring is 1. The minimum atomic E-state index is -0.507. The molecule has 0 saturated carbocycles. The lowest BCUT2D eigenvalue weighted by atomic mass is 10.3. The highest BCUT2D eigenvalue weighted by Gasteiger charge is 2.05. The zero-order valence-electron chi connectivity index (χ0n) is 6.44. The quantitative estimate of drug-likeness (QED) is 0.552. The van der Waals surface area contributed by atoms with Crippen LogP contribution in [0.1, 0.15) is 0 Å². The molecule has 5 heteroatoms. The van der Waals surface area contributed by atoms with Crippen LogP contribution < -0.4 is 11.5 Å². The molecule has 0 heterocycles. The minimum Gasteiger partial charge on any atom is -0.395 e. The van der Waals surface area contributed by atoms with Crippen molar-refractivity contribution in [3.8, 4) is 0 Å². The Balaban J connectivity index is 0.000000561. The van der Waals surface area contributed by atoms with Gasteiger partial charge in [-0.05, 0) is 35.1 Å². The Morgan fingerprint density at radius 2 is 1.92 bits per heavy atom. The van der Waals surface area contributed by atoms with Crippen molar-refractivity contribution in [1.29, 1.82) is 0 Å². The normalized spacial score (nSPS) is 8.75. The Labute approximate surface area is 83.8 Å². The van der Waals surface area contributed by atoms with Crippen LogP contribution >= 0.6 is 27.5 Å². The average molecular weight is 256 g/mol. The predicted octanol–water partition coefficient (Wildman–Crippen LogP) is 2.40. The summed E-state index contributed by atoms with van der Waals surface area (Å²) in [5.74, 6) is -0.507. The van der Waals surface area contributed by atoms with Crippen molar-refractivity contribution in [2.24, 2.45) is 5.73 Å². The van der Waals surface area contributed by atoms with Crippen molar-refractivity contribution in [2.45, 2.75) is 0 Å². The summed E-state index contributed by atoms with van der Waals surface area (Å²) in [6.45, 7) is 0. The average Bonchev–Trinajstić information content (AvgIpc) is 2.12. The van der Waals surface area contributed by atoms with Crippen LogP contribution in [0.25, 0.3) is 0 Å². The molecule has 2 nitrogen and oxygen atoms in total. The molecule has 0 aliphatic rings. The van der Waals surface area contributed by atoms with E-state index in [0.717, 1.165) is 0 Å². The van der Waals surface area contributed by atoms with Gasteiger partial charge < -0.3 is 11.5 Å². The van der Waals surface area contributed by atoms with Crippen LogP contribution in [0.2, 0.25) is 5.02 Å². The summed E-state index contributed by atoms with van der Waals surface area (Å²) in [6.07, 6.45) is 0. The molecule has 0 unspecified atom stereocenters. The van der Waals surface area contributed by atoms with Gasteiger partial charge in [0.2, 0.25) is 0 Å². The molecule has 0 radical (unpaired) electrons. The van der Waals surface area contributed by atoms with E-state index in [-0.39, 0.29) is 10.7 Å². The molecule has 1 aromatic rings. The first-order valence-corrected chi connectivity index (χ1v) is 4.26. The van der Waals surface area contributed by atoms with Crippen molar-refractivity contribution < 1.29 is 4.39 Å². The van der Waals surface area contributed by atoms with Crippen molar-refractivity contribution >= 4 is 33.2 Å². The van der Waals surface area contributed by atoms with E-state index >= 15 is 0 Å². The Hall–Kier alpha value is -0.320. The van der Waals surface area contributed by atoms with Crippen LogP contribution in [0.15, 0.2) is 16.6 Å². The van der Waals surface area contributed by atoms with Crippen LogP contribution in [0, 0.1) is 5.82 Å². The third-order valence-electron chi connectivity index (χ3n) is 1.08. The first-order valence-electron chi connectivity index (χ1n) is 3.09. The van der Waals surface area contributed by atoms with Gasteiger partial charge in [0.25, 0.3) is 0 Å². The van der Waals surface area contributed by atoms with E-state index in [1.165, 1.54) is 19.2 Å². The third kappa shape index (κ3) is 2.62. The van der Waals surface area contributed by atoms with Gasteiger partial charge in [-0.25, -0.2) is 4.39 Å². The molecule has 1 aromatic carbocycles. The van der Waals surface area contributed by atoms with Crippen LogP contribution in [0.4, 0.5) is 10.1 Å². The van der Waals surface area contributed by atoms with Gasteiger partial charge in [0.15, 0.2) is 5.82 Å². The van der Waals surface area contributed by atoms with Gasteiger partial charge in [0.05, 0.1) is 15.2 Å². The highest BCUT2D eigenvalue weighted by Crippen LogP contribution is 2.27. The van der Waals surface area contributed by atoms with E-state index in [2.05, 4.69) is 21.7 Å². The van der Waals surface area contributed by atoms with E-state index in [0.29, 0.717) is 4.47 Å². The largest absolute Gasteiger partial charge is 0.395 e. The fourth-order valence-corrected chi connectivity index (χ4v) is 1.03. The standard InChI is InChI=1S/C6H4BrClFN.CH5N/c7-3-1-2-4(8)6(10)5(3)9;1-2/h1-2H,10H2;2H2,1H3. The molecule has 0 atom stereocenters. The topological polar surface area (TPSA) is 52.0 Å². The number of hydrogen-bond acceptors (Lipinski definition) is 2. The monoisotopic (exact) mass is 254 g/mol. The molecule has 12 heavy (non-hydrogen) atoms. The van der Waals surface area contributed by atoms with Gasteiger partial charge in [-0.1, -0.05) is 11.6 Å². The van der Waals surface area contributed by atoms with Crippen LogP contribution in [-0.2, 0) is 0 Å². The zero-order chi connectivity index (χ0) is 9.72. The molecule has 0 bridgehead atoms. The second-order valence-electron chi connectivity index (χ2n) is 1.76. The highest BCUT2D eigenvalue weighted by atomic mass is 79.9. The maximum Gasteiger partial charge on any atom is 0.161 e.